The molecule has 1 aromatic heterocycles. The number of hydrogen-bond donors (Lipinski definition) is 2. The van der Waals surface area contributed by atoms with Crippen molar-refractivity contribution in [3.8, 4) is 0 Å². The molecule has 0 saturated heterocycles. The molecule has 0 aliphatic heterocycles. The van der Waals surface area contributed by atoms with Crippen molar-refractivity contribution in [1.82, 2.24) is 10.3 Å². The Morgan fingerprint density at radius 2 is 2.04 bits per heavy atom. The van der Waals surface area contributed by atoms with Crippen molar-refractivity contribution in [2.75, 3.05) is 6.61 Å². The van der Waals surface area contributed by atoms with Crippen LogP contribution in [0.15, 0.2) is 59.2 Å². The van der Waals surface area contributed by atoms with Crippen LogP contribution in [0.4, 0.5) is 0 Å². The van der Waals surface area contributed by atoms with Crippen LogP contribution in [0, 0.1) is 0 Å². The summed E-state index contributed by atoms with van der Waals surface area (Å²) in [4.78, 5) is 16.9. The molecule has 2 N–H and O–H groups in total. The van der Waals surface area contributed by atoms with E-state index in [9.17, 15) is 9.90 Å². The van der Waals surface area contributed by atoms with Gasteiger partial charge in [-0.2, -0.15) is 0 Å². The minimum atomic E-state index is -0.337. The van der Waals surface area contributed by atoms with Gasteiger partial charge in [0.15, 0.2) is 0 Å². The third-order valence-electron chi connectivity index (χ3n) is 3.89. The van der Waals surface area contributed by atoms with Gasteiger partial charge in [0.2, 0.25) is 0 Å². The average Bonchev–Trinajstić information content (AvgIpc) is 2.60. The van der Waals surface area contributed by atoms with Crippen LogP contribution in [0.2, 0.25) is 5.02 Å². The molecule has 1 unspecified atom stereocenters. The number of pyridine rings is 1. The molecule has 25 heavy (non-hydrogen) atoms. The fourth-order valence-electron chi connectivity index (χ4n) is 2.64. The number of carbonyl (C=O) groups is 1. The predicted octanol–water partition coefficient (Wildman–Crippen LogP) is 4.50. The summed E-state index contributed by atoms with van der Waals surface area (Å²) in [6.45, 7) is -0.0461. The van der Waals surface area contributed by atoms with Gasteiger partial charge in [0, 0.05) is 27.7 Å². The van der Waals surface area contributed by atoms with E-state index in [4.69, 9.17) is 11.6 Å². The maximum Gasteiger partial charge on any atom is 0.270 e. The molecule has 128 valence electrons. The van der Waals surface area contributed by atoms with E-state index in [1.807, 2.05) is 30.3 Å². The number of carbonyl (C=O) groups excluding carboxylic acids is 1. The molecule has 4 nitrogen and oxygen atoms in total. The molecule has 1 amide bonds. The molecule has 1 atom stereocenters. The van der Waals surface area contributed by atoms with Crippen molar-refractivity contribution in [3.63, 3.8) is 0 Å². The third-order valence-corrected chi connectivity index (χ3v) is 4.62. The number of aliphatic hydroxyl groups is 1. The van der Waals surface area contributed by atoms with Gasteiger partial charge >= 0.3 is 0 Å². The van der Waals surface area contributed by atoms with Gasteiger partial charge in [-0.1, -0.05) is 45.7 Å². The van der Waals surface area contributed by atoms with E-state index in [0.717, 1.165) is 20.8 Å². The summed E-state index contributed by atoms with van der Waals surface area (Å²) >= 11 is 9.46. The van der Waals surface area contributed by atoms with E-state index in [1.54, 1.807) is 24.4 Å². The van der Waals surface area contributed by atoms with Crippen LogP contribution in [-0.2, 0) is 0 Å². The summed E-state index contributed by atoms with van der Waals surface area (Å²) < 4.78 is 0.939. The average molecular weight is 420 g/mol. The Bertz CT molecular complexity index is 917. The number of aliphatic hydroxyl groups excluding tert-OH is 1. The van der Waals surface area contributed by atoms with Gasteiger partial charge in [-0.3, -0.25) is 9.78 Å². The predicted molar refractivity (Wildman–Crippen MR) is 103 cm³/mol. The van der Waals surface area contributed by atoms with Crippen LogP contribution < -0.4 is 5.32 Å². The fourth-order valence-corrected chi connectivity index (χ4v) is 3.22. The van der Waals surface area contributed by atoms with Crippen molar-refractivity contribution >= 4 is 44.2 Å². The molecule has 3 aromatic rings. The van der Waals surface area contributed by atoms with Crippen molar-refractivity contribution in [3.05, 3.63) is 75.5 Å². The lowest BCUT2D eigenvalue weighted by Crippen LogP contribution is -2.29. The van der Waals surface area contributed by atoms with Crippen LogP contribution >= 0.6 is 27.5 Å². The topological polar surface area (TPSA) is 62.2 Å². The Balaban J connectivity index is 1.86. The normalized spacial score (nSPS) is 12.1. The summed E-state index contributed by atoms with van der Waals surface area (Å²) in [5.41, 5.74) is 1.18. The standard InChI is InChI=1S/C19H16BrClN2O2/c20-15-5-4-13-11-22-18(10-14(13)8-15)19(25)23-17(6-7-24)12-2-1-3-16(21)9-12/h1-5,8-11,17,24H,6-7H2,(H,23,25). The van der Waals surface area contributed by atoms with Crippen molar-refractivity contribution < 1.29 is 9.90 Å². The molecule has 0 radical (unpaired) electrons. The molecule has 0 fully saturated rings. The Morgan fingerprint density at radius 3 is 2.80 bits per heavy atom. The third kappa shape index (κ3) is 4.37. The SMILES string of the molecule is O=C(NC(CCO)c1cccc(Cl)c1)c1cc2cc(Br)ccc2cn1. The molecule has 0 aliphatic carbocycles. The molecule has 0 spiro atoms. The Morgan fingerprint density at radius 1 is 1.20 bits per heavy atom. The number of fused-ring (bicyclic) bond motifs is 1. The quantitative estimate of drug-likeness (QED) is 0.640. The largest absolute Gasteiger partial charge is 0.396 e. The first-order valence-electron chi connectivity index (χ1n) is 7.79. The van der Waals surface area contributed by atoms with E-state index >= 15 is 0 Å². The maximum absolute atomic E-state index is 12.6. The molecule has 3 rings (SSSR count). The Labute approximate surface area is 159 Å². The second-order valence-electron chi connectivity index (χ2n) is 5.65. The molecular formula is C19H16BrClN2O2. The zero-order valence-corrected chi connectivity index (χ0v) is 15.6. The molecular weight excluding hydrogens is 404 g/mol. The van der Waals surface area contributed by atoms with Gasteiger partial charge < -0.3 is 10.4 Å². The van der Waals surface area contributed by atoms with Crippen molar-refractivity contribution in [2.24, 2.45) is 0 Å². The van der Waals surface area contributed by atoms with Gasteiger partial charge in [0.05, 0.1) is 6.04 Å². The first-order chi connectivity index (χ1) is 12.1. The van der Waals surface area contributed by atoms with E-state index in [-0.39, 0.29) is 18.6 Å². The number of aromatic nitrogens is 1. The molecule has 1 heterocycles. The van der Waals surface area contributed by atoms with E-state index in [2.05, 4.69) is 26.2 Å². The molecule has 2 aromatic carbocycles. The zero-order chi connectivity index (χ0) is 17.8. The molecule has 0 bridgehead atoms. The highest BCUT2D eigenvalue weighted by Gasteiger charge is 2.17. The van der Waals surface area contributed by atoms with Gasteiger partial charge in [0.25, 0.3) is 5.91 Å². The number of nitrogens with one attached hydrogen (secondary N) is 1. The maximum atomic E-state index is 12.6. The molecule has 0 saturated carbocycles. The lowest BCUT2D eigenvalue weighted by atomic mass is 10.0. The van der Waals surface area contributed by atoms with Crippen LogP contribution in [0.3, 0.4) is 0 Å². The highest BCUT2D eigenvalue weighted by Crippen LogP contribution is 2.22. The first kappa shape index (κ1) is 17.9. The van der Waals surface area contributed by atoms with Gasteiger partial charge in [-0.25, -0.2) is 0 Å². The van der Waals surface area contributed by atoms with Crippen molar-refractivity contribution in [1.29, 1.82) is 0 Å². The summed E-state index contributed by atoms with van der Waals surface area (Å²) in [6, 6.07) is 14.5. The van der Waals surface area contributed by atoms with Gasteiger partial charge in [-0.15, -0.1) is 0 Å². The number of rotatable bonds is 5. The Kier molecular flexibility index (Phi) is 5.68. The number of amides is 1. The van der Waals surface area contributed by atoms with Crippen LogP contribution in [-0.4, -0.2) is 22.6 Å². The highest BCUT2D eigenvalue weighted by atomic mass is 79.9. The van der Waals surface area contributed by atoms with E-state index in [0.29, 0.717) is 17.1 Å². The fraction of sp³-hybridized carbons (Fsp3) is 0.158. The second kappa shape index (κ2) is 7.95. The lowest BCUT2D eigenvalue weighted by molar-refractivity contribution is 0.0925. The van der Waals surface area contributed by atoms with Crippen LogP contribution in [0.25, 0.3) is 10.8 Å². The summed E-state index contributed by atoms with van der Waals surface area (Å²) in [7, 11) is 0. The smallest absolute Gasteiger partial charge is 0.270 e. The number of halogens is 2. The summed E-state index contributed by atoms with van der Waals surface area (Å²) in [5.74, 6) is -0.291. The number of hydrogen-bond acceptors (Lipinski definition) is 3. The van der Waals surface area contributed by atoms with E-state index < -0.39 is 0 Å². The molecule has 6 heteroatoms. The van der Waals surface area contributed by atoms with Gasteiger partial charge in [-0.05, 0) is 47.7 Å². The first-order valence-corrected chi connectivity index (χ1v) is 8.96. The van der Waals surface area contributed by atoms with Crippen LogP contribution in [0.5, 0.6) is 0 Å². The summed E-state index contributed by atoms with van der Waals surface area (Å²) in [6.07, 6.45) is 2.07. The minimum Gasteiger partial charge on any atom is -0.396 e. The second-order valence-corrected chi connectivity index (χ2v) is 7.01. The highest BCUT2D eigenvalue weighted by molar-refractivity contribution is 9.10. The van der Waals surface area contributed by atoms with Crippen molar-refractivity contribution in [2.45, 2.75) is 12.5 Å². The number of nitrogens with zero attached hydrogens (tertiary/aromatic N) is 1. The minimum absolute atomic E-state index is 0.0461. The number of benzene rings is 2. The van der Waals surface area contributed by atoms with E-state index in [1.165, 1.54) is 0 Å². The zero-order valence-electron chi connectivity index (χ0n) is 13.2. The van der Waals surface area contributed by atoms with Gasteiger partial charge in [0.1, 0.15) is 5.69 Å². The Hall–Kier alpha value is -1.95. The lowest BCUT2D eigenvalue weighted by Gasteiger charge is -2.18. The van der Waals surface area contributed by atoms with Crippen LogP contribution in [0.1, 0.15) is 28.5 Å². The monoisotopic (exact) mass is 418 g/mol. The summed E-state index contributed by atoms with van der Waals surface area (Å²) in [5, 5.41) is 14.7. The molecule has 0 aliphatic rings.